The Hall–Kier alpha value is -1.22. The molecule has 1 rings (SSSR count). The van der Waals surface area contributed by atoms with Crippen LogP contribution < -0.4 is 4.74 Å². The summed E-state index contributed by atoms with van der Waals surface area (Å²) in [5, 5.41) is 37.2. The molecule has 0 saturated carbocycles. The molecule has 1 aromatic rings. The predicted octanol–water partition coefficient (Wildman–Crippen LogP) is -1.04. The Morgan fingerprint density at radius 1 is 0.757 bits per heavy atom. The van der Waals surface area contributed by atoms with Crippen molar-refractivity contribution in [1.29, 1.82) is 0 Å². The number of nitrogens with zero attached hydrogens (tertiary/aromatic N) is 3. The first-order valence-corrected chi connectivity index (χ1v) is 11.3. The van der Waals surface area contributed by atoms with E-state index in [1.165, 1.54) is 4.90 Å². The minimum absolute atomic E-state index is 0. The third-order valence-electron chi connectivity index (χ3n) is 5.27. The van der Waals surface area contributed by atoms with Gasteiger partial charge < -0.3 is 25.2 Å². The number of benzene rings is 1. The molecule has 12 nitrogen and oxygen atoms in total. The zero-order valence-corrected chi connectivity index (χ0v) is 20.1. The molecule has 1 atom stereocenters. The first kappa shape index (κ1) is 37.9. The van der Waals surface area contributed by atoms with Gasteiger partial charge in [-0.25, -0.2) is 0 Å². The van der Waals surface area contributed by atoms with E-state index in [4.69, 9.17) is 9.84 Å². The first-order chi connectivity index (χ1) is 16.5. The molecule has 0 bridgehead atoms. The molecule has 0 fully saturated rings. The summed E-state index contributed by atoms with van der Waals surface area (Å²) in [6.07, 6.45) is 0.274. The van der Waals surface area contributed by atoms with Gasteiger partial charge in [0.15, 0.2) is 0 Å². The van der Waals surface area contributed by atoms with Gasteiger partial charge in [0.1, 0.15) is 5.75 Å². The second kappa shape index (κ2) is 20.7. The summed E-state index contributed by atoms with van der Waals surface area (Å²) in [7, 11) is 0. The van der Waals surface area contributed by atoms with Gasteiger partial charge >= 0.3 is 83.0 Å². The van der Waals surface area contributed by atoms with Crippen LogP contribution in [0.5, 0.6) is 5.75 Å². The van der Waals surface area contributed by atoms with Crippen LogP contribution in [0.2, 0.25) is 0 Å². The van der Waals surface area contributed by atoms with E-state index in [1.807, 2.05) is 6.92 Å². The van der Waals surface area contributed by atoms with E-state index in [9.17, 15) is 34.5 Å². The van der Waals surface area contributed by atoms with Crippen LogP contribution in [0.15, 0.2) is 24.3 Å². The van der Waals surface area contributed by atoms with Crippen molar-refractivity contribution in [2.75, 3.05) is 59.0 Å². The maximum atomic E-state index is 11.5. The molecule has 1 aromatic carbocycles. The monoisotopic (exact) mass is 545 g/mol. The van der Waals surface area contributed by atoms with Crippen molar-refractivity contribution in [3.63, 3.8) is 0 Å². The second-order valence-electron chi connectivity index (χ2n) is 8.02. The molecule has 0 aliphatic heterocycles. The number of hydrogen-bond acceptors (Lipinski definition) is 8. The van der Waals surface area contributed by atoms with E-state index in [1.54, 1.807) is 41.0 Å². The van der Waals surface area contributed by atoms with Gasteiger partial charge in [-0.3, -0.25) is 33.9 Å². The zero-order valence-electron chi connectivity index (χ0n) is 20.1. The molecule has 0 aromatic heterocycles. The topological polar surface area (TPSA) is 168 Å². The van der Waals surface area contributed by atoms with Gasteiger partial charge in [0.05, 0.1) is 32.8 Å². The first-order valence-electron chi connectivity index (χ1n) is 11.3. The molecule has 4 N–H and O–H groups in total. The zero-order chi connectivity index (χ0) is 26.4. The van der Waals surface area contributed by atoms with Gasteiger partial charge in [0, 0.05) is 25.7 Å². The Bertz CT molecular complexity index is 827. The van der Waals surface area contributed by atoms with Crippen molar-refractivity contribution in [2.45, 2.75) is 26.3 Å². The van der Waals surface area contributed by atoms with E-state index in [-0.39, 0.29) is 98.3 Å². The number of rotatable bonds is 19. The molecule has 0 aliphatic rings. The number of carboxylic acid groups (broad SMARTS) is 4. The number of carbonyl (C=O) groups is 4. The Morgan fingerprint density at radius 2 is 1.22 bits per heavy atom. The van der Waals surface area contributed by atoms with Crippen LogP contribution in [0.25, 0.3) is 0 Å². The Morgan fingerprint density at radius 3 is 1.65 bits per heavy atom. The normalized spacial score (nSPS) is 11.5. The third kappa shape index (κ3) is 17.1. The number of carboxylic acids is 4. The van der Waals surface area contributed by atoms with Crippen molar-refractivity contribution in [3.8, 4) is 5.75 Å². The Kier molecular flexibility index (Phi) is 21.2. The Labute approximate surface area is 261 Å². The van der Waals surface area contributed by atoms with E-state index < -0.39 is 43.0 Å². The quantitative estimate of drug-likeness (QED) is 0.156. The molecule has 0 amide bonds. The molecule has 0 saturated heterocycles. The fraction of sp³-hybridized carbons (Fsp3) is 0.565. The van der Waals surface area contributed by atoms with Crippen LogP contribution in [0.1, 0.15) is 19.4 Å². The standard InChI is InChI=1S/C23H35N3O9.2Na.2H/c1-3-24(13-20(27)28)9-10-25(14-21(29)30)12-18(26(15-22(31)32)16-23(33)34)11-17-5-7-19(8-6-17)35-4-2;;;;/h5-8,18H,3-4,9-16H2,1-2H3,(H,27,28)(H,29,30)(H,31,32)(H,33,34);;;;. The molecule has 200 valence electrons. The number of likely N-dealkylation sites (N-methyl/N-ethyl adjacent to an activating group) is 1. The van der Waals surface area contributed by atoms with Crippen molar-refractivity contribution in [2.24, 2.45) is 0 Å². The van der Waals surface area contributed by atoms with Crippen LogP contribution >= 0.6 is 0 Å². The minimum atomic E-state index is -1.20. The van der Waals surface area contributed by atoms with E-state index in [0.717, 1.165) is 5.56 Å². The SMILES string of the molecule is CCOc1ccc(CC(CN(CCN(CC)CC(=O)O)CC(=O)O)N(CC(=O)O)CC(=O)O)cc1.[NaH].[NaH]. The summed E-state index contributed by atoms with van der Waals surface area (Å²) < 4.78 is 5.43. The van der Waals surface area contributed by atoms with E-state index >= 15 is 0 Å². The predicted molar refractivity (Wildman–Crippen MR) is 140 cm³/mol. The van der Waals surface area contributed by atoms with Gasteiger partial charge in [0.25, 0.3) is 0 Å². The number of ether oxygens (including phenoxy) is 1. The molecule has 37 heavy (non-hydrogen) atoms. The van der Waals surface area contributed by atoms with Gasteiger partial charge in [-0.05, 0) is 37.6 Å². The average molecular weight is 546 g/mol. The van der Waals surface area contributed by atoms with Crippen LogP contribution in [-0.4, -0.2) is 183 Å². The molecule has 0 heterocycles. The summed E-state index contributed by atoms with van der Waals surface area (Å²) in [4.78, 5) is 50.0. The van der Waals surface area contributed by atoms with Crippen molar-refractivity contribution in [1.82, 2.24) is 14.7 Å². The summed E-state index contributed by atoms with van der Waals surface area (Å²) in [6, 6.07) is 6.48. The molecule has 0 spiro atoms. The van der Waals surface area contributed by atoms with Crippen molar-refractivity contribution in [3.05, 3.63) is 29.8 Å². The molecule has 0 radical (unpaired) electrons. The molecular formula is C23H37N3Na2O9. The van der Waals surface area contributed by atoms with Crippen LogP contribution in [0.4, 0.5) is 0 Å². The fourth-order valence-electron chi connectivity index (χ4n) is 3.68. The van der Waals surface area contributed by atoms with Gasteiger partial charge in [0.2, 0.25) is 0 Å². The summed E-state index contributed by atoms with van der Waals surface area (Å²) in [6.45, 7) is 3.53. The van der Waals surface area contributed by atoms with Gasteiger partial charge in [-0.15, -0.1) is 0 Å². The molecular weight excluding hydrogens is 508 g/mol. The van der Waals surface area contributed by atoms with Gasteiger partial charge in [-0.2, -0.15) is 0 Å². The van der Waals surface area contributed by atoms with Gasteiger partial charge in [-0.1, -0.05) is 19.1 Å². The number of hydrogen-bond donors (Lipinski definition) is 4. The average Bonchev–Trinajstić information content (AvgIpc) is 2.75. The van der Waals surface area contributed by atoms with Crippen LogP contribution in [-0.2, 0) is 25.6 Å². The summed E-state index contributed by atoms with van der Waals surface area (Å²) in [5.41, 5.74) is 0.801. The van der Waals surface area contributed by atoms with Crippen molar-refractivity contribution < 1.29 is 44.3 Å². The number of aliphatic carboxylic acids is 4. The van der Waals surface area contributed by atoms with E-state index in [0.29, 0.717) is 18.9 Å². The fourth-order valence-corrected chi connectivity index (χ4v) is 3.68. The molecule has 0 aliphatic carbocycles. The molecule has 14 heteroatoms. The second-order valence-corrected chi connectivity index (χ2v) is 8.02. The summed E-state index contributed by atoms with van der Waals surface area (Å²) >= 11 is 0. The Balaban J connectivity index is 0. The van der Waals surface area contributed by atoms with E-state index in [2.05, 4.69) is 0 Å². The third-order valence-corrected chi connectivity index (χ3v) is 5.27. The van der Waals surface area contributed by atoms with Crippen molar-refractivity contribution >= 4 is 83.0 Å². The summed E-state index contributed by atoms with van der Waals surface area (Å²) in [5.74, 6) is -3.85. The van der Waals surface area contributed by atoms with Crippen LogP contribution in [0.3, 0.4) is 0 Å². The maximum absolute atomic E-state index is 11.5. The van der Waals surface area contributed by atoms with Crippen LogP contribution in [0, 0.1) is 0 Å². The molecule has 1 unspecified atom stereocenters.